The molecule has 112 valence electrons. The Bertz CT molecular complexity index is 582. The van der Waals surface area contributed by atoms with Crippen molar-refractivity contribution in [1.29, 1.82) is 0 Å². The molecule has 0 saturated carbocycles. The van der Waals surface area contributed by atoms with Crippen molar-refractivity contribution in [3.05, 3.63) is 29.3 Å². The van der Waals surface area contributed by atoms with Crippen molar-refractivity contribution in [2.45, 2.75) is 26.8 Å². The molecule has 2 N–H and O–H groups in total. The lowest BCUT2D eigenvalue weighted by molar-refractivity contribution is 0.0944. The summed E-state index contributed by atoms with van der Waals surface area (Å²) in [4.78, 5) is 12.2. The van der Waals surface area contributed by atoms with Crippen molar-refractivity contribution >= 4 is 21.4 Å². The molecule has 1 amide bonds. The lowest BCUT2D eigenvalue weighted by Crippen LogP contribution is -2.37. The van der Waals surface area contributed by atoms with Gasteiger partial charge in [-0.05, 0) is 32.9 Å². The minimum Gasteiger partial charge on any atom is -0.385 e. The largest absolute Gasteiger partial charge is 0.385 e. The molecule has 20 heavy (non-hydrogen) atoms. The zero-order valence-electron chi connectivity index (χ0n) is 12.4. The molecule has 0 radical (unpaired) electrons. The van der Waals surface area contributed by atoms with Gasteiger partial charge in [-0.3, -0.25) is 4.79 Å². The van der Waals surface area contributed by atoms with E-state index < -0.39 is 15.9 Å². The number of aryl methyl sites for hydroxylation is 1. The summed E-state index contributed by atoms with van der Waals surface area (Å²) in [6, 6.07) is 5.15. The van der Waals surface area contributed by atoms with Gasteiger partial charge in [-0.15, -0.1) is 0 Å². The molecular formula is C14H22N2O3S. The molecule has 5 nitrogen and oxygen atoms in total. The Kier molecular flexibility index (Phi) is 5.56. The van der Waals surface area contributed by atoms with Crippen LogP contribution in [0.1, 0.15) is 29.8 Å². The van der Waals surface area contributed by atoms with Crippen LogP contribution in [-0.4, -0.2) is 38.9 Å². The maximum atomic E-state index is 12.2. The molecule has 1 aromatic rings. The summed E-state index contributed by atoms with van der Waals surface area (Å²) < 4.78 is 22.4. The van der Waals surface area contributed by atoms with Crippen molar-refractivity contribution in [3.63, 3.8) is 0 Å². The van der Waals surface area contributed by atoms with Crippen LogP contribution in [0.25, 0.3) is 0 Å². The molecule has 0 fully saturated rings. The second-order valence-corrected chi connectivity index (χ2v) is 7.23. The minimum absolute atomic E-state index is 0.0684. The van der Waals surface area contributed by atoms with E-state index in [1.54, 1.807) is 13.0 Å². The van der Waals surface area contributed by atoms with E-state index in [0.717, 1.165) is 17.5 Å². The lowest BCUT2D eigenvalue weighted by atomic mass is 10.1. The predicted octanol–water partition coefficient (Wildman–Crippen LogP) is 1.59. The third kappa shape index (κ3) is 5.21. The van der Waals surface area contributed by atoms with Crippen LogP contribution in [-0.2, 0) is 9.84 Å². The highest BCUT2D eigenvalue weighted by Gasteiger charge is 2.16. The Hall–Kier alpha value is -1.56. The van der Waals surface area contributed by atoms with E-state index >= 15 is 0 Å². The van der Waals surface area contributed by atoms with Crippen molar-refractivity contribution < 1.29 is 13.2 Å². The molecule has 6 heteroatoms. The molecule has 1 unspecified atom stereocenters. The number of benzene rings is 1. The Morgan fingerprint density at radius 1 is 1.35 bits per heavy atom. The van der Waals surface area contributed by atoms with Gasteiger partial charge in [0, 0.05) is 24.5 Å². The van der Waals surface area contributed by atoms with E-state index in [1.165, 1.54) is 0 Å². The third-order valence-corrected chi connectivity index (χ3v) is 3.82. The molecule has 1 rings (SSSR count). The van der Waals surface area contributed by atoms with E-state index in [2.05, 4.69) is 10.6 Å². The molecule has 0 heterocycles. The van der Waals surface area contributed by atoms with Crippen molar-refractivity contribution in [3.8, 4) is 0 Å². The Labute approximate surface area is 120 Å². The Morgan fingerprint density at radius 3 is 2.55 bits per heavy atom. The van der Waals surface area contributed by atoms with Crippen molar-refractivity contribution in [2.75, 3.05) is 23.9 Å². The first kappa shape index (κ1) is 16.5. The van der Waals surface area contributed by atoms with Crippen LogP contribution in [0.5, 0.6) is 0 Å². The van der Waals surface area contributed by atoms with Crippen LogP contribution in [0, 0.1) is 6.92 Å². The van der Waals surface area contributed by atoms with Crippen LogP contribution in [0.4, 0.5) is 5.69 Å². The fraction of sp³-hybridized carbons (Fsp3) is 0.500. The number of carbonyl (C=O) groups excluding carboxylic acids is 1. The number of hydrogen-bond donors (Lipinski definition) is 2. The fourth-order valence-corrected chi connectivity index (χ4v) is 2.98. The Balaban J connectivity index is 2.88. The van der Waals surface area contributed by atoms with Gasteiger partial charge < -0.3 is 10.6 Å². The zero-order valence-corrected chi connectivity index (χ0v) is 13.2. The molecule has 0 aliphatic heterocycles. The van der Waals surface area contributed by atoms with E-state index in [0.29, 0.717) is 12.1 Å². The first-order chi connectivity index (χ1) is 9.23. The molecule has 0 aliphatic rings. The van der Waals surface area contributed by atoms with Gasteiger partial charge in [0.15, 0.2) is 0 Å². The summed E-state index contributed by atoms with van der Waals surface area (Å²) in [5, 5.41) is 5.85. The average molecular weight is 298 g/mol. The second kappa shape index (κ2) is 6.74. The van der Waals surface area contributed by atoms with Gasteiger partial charge in [0.1, 0.15) is 9.84 Å². The second-order valence-electron chi connectivity index (χ2n) is 5.05. The number of amides is 1. The first-order valence-corrected chi connectivity index (χ1v) is 8.62. The molecule has 0 bridgehead atoms. The molecular weight excluding hydrogens is 276 g/mol. The standard InChI is InChI=1S/C14H22N2O3S/c1-5-15-13-7-6-10(2)8-12(13)14(17)16-11(3)9-20(4,18)19/h6-8,11,15H,5,9H2,1-4H3,(H,16,17). The maximum Gasteiger partial charge on any atom is 0.253 e. The van der Waals surface area contributed by atoms with Gasteiger partial charge in [0.25, 0.3) is 5.91 Å². The van der Waals surface area contributed by atoms with Crippen LogP contribution in [0.15, 0.2) is 18.2 Å². The summed E-state index contributed by atoms with van der Waals surface area (Å²) in [5.41, 5.74) is 2.27. The number of anilines is 1. The highest BCUT2D eigenvalue weighted by atomic mass is 32.2. The average Bonchev–Trinajstić information content (AvgIpc) is 2.29. The quantitative estimate of drug-likeness (QED) is 0.836. The smallest absolute Gasteiger partial charge is 0.253 e. The van der Waals surface area contributed by atoms with Gasteiger partial charge in [0.05, 0.1) is 11.3 Å². The highest BCUT2D eigenvalue weighted by molar-refractivity contribution is 7.90. The number of nitrogens with one attached hydrogen (secondary N) is 2. The van der Waals surface area contributed by atoms with Gasteiger partial charge in [0.2, 0.25) is 0 Å². The van der Waals surface area contributed by atoms with Crippen molar-refractivity contribution in [2.24, 2.45) is 0 Å². The lowest BCUT2D eigenvalue weighted by Gasteiger charge is -2.16. The number of sulfone groups is 1. The summed E-state index contributed by atoms with van der Waals surface area (Å²) in [6.07, 6.45) is 1.16. The number of rotatable bonds is 6. The molecule has 0 spiro atoms. The van der Waals surface area contributed by atoms with Gasteiger partial charge in [-0.25, -0.2) is 8.42 Å². The van der Waals surface area contributed by atoms with E-state index in [9.17, 15) is 13.2 Å². The number of hydrogen-bond acceptors (Lipinski definition) is 4. The summed E-state index contributed by atoms with van der Waals surface area (Å²) in [6.45, 7) is 6.25. The maximum absolute atomic E-state index is 12.2. The van der Waals surface area contributed by atoms with Crippen LogP contribution in [0.2, 0.25) is 0 Å². The van der Waals surface area contributed by atoms with Gasteiger partial charge in [-0.1, -0.05) is 11.6 Å². The highest BCUT2D eigenvalue weighted by Crippen LogP contribution is 2.17. The fourth-order valence-electron chi connectivity index (χ4n) is 1.99. The van der Waals surface area contributed by atoms with E-state index in [1.807, 2.05) is 26.0 Å². The number of carbonyl (C=O) groups is 1. The monoisotopic (exact) mass is 298 g/mol. The normalized spacial score (nSPS) is 12.8. The zero-order chi connectivity index (χ0) is 15.3. The SMILES string of the molecule is CCNc1ccc(C)cc1C(=O)NC(C)CS(C)(=O)=O. The molecule has 1 atom stereocenters. The summed E-state index contributed by atoms with van der Waals surface area (Å²) in [5.74, 6) is -0.332. The van der Waals surface area contributed by atoms with Crippen LogP contribution < -0.4 is 10.6 Å². The topological polar surface area (TPSA) is 75.3 Å². The van der Waals surface area contributed by atoms with Gasteiger partial charge in [-0.2, -0.15) is 0 Å². The molecule has 1 aromatic carbocycles. The summed E-state index contributed by atoms with van der Waals surface area (Å²) in [7, 11) is -3.11. The molecule has 0 aromatic heterocycles. The van der Waals surface area contributed by atoms with Gasteiger partial charge >= 0.3 is 0 Å². The predicted molar refractivity (Wildman–Crippen MR) is 82.0 cm³/mol. The minimum atomic E-state index is -3.11. The van der Waals surface area contributed by atoms with E-state index in [4.69, 9.17) is 0 Å². The van der Waals surface area contributed by atoms with Crippen LogP contribution >= 0.6 is 0 Å². The third-order valence-electron chi connectivity index (χ3n) is 2.72. The van der Waals surface area contributed by atoms with Crippen molar-refractivity contribution in [1.82, 2.24) is 5.32 Å². The molecule has 0 aliphatic carbocycles. The first-order valence-electron chi connectivity index (χ1n) is 6.56. The Morgan fingerprint density at radius 2 is 2.00 bits per heavy atom. The molecule has 0 saturated heterocycles. The van der Waals surface area contributed by atoms with E-state index in [-0.39, 0.29) is 11.7 Å². The van der Waals surface area contributed by atoms with Crippen LogP contribution in [0.3, 0.4) is 0 Å². The summed E-state index contributed by atoms with van der Waals surface area (Å²) >= 11 is 0.